The molecule has 22 heavy (non-hydrogen) atoms. The highest BCUT2D eigenvalue weighted by Crippen LogP contribution is 2.19. The molecule has 0 bridgehead atoms. The lowest BCUT2D eigenvalue weighted by Gasteiger charge is -2.14. The summed E-state index contributed by atoms with van der Waals surface area (Å²) in [4.78, 5) is 12.4. The second-order valence-electron chi connectivity index (χ2n) is 5.64. The van der Waals surface area contributed by atoms with E-state index in [1.54, 1.807) is 12.1 Å². The predicted molar refractivity (Wildman–Crippen MR) is 90.7 cm³/mol. The van der Waals surface area contributed by atoms with Crippen molar-refractivity contribution in [2.75, 3.05) is 5.32 Å². The number of nitrogens with one attached hydrogen (secondary N) is 1. The van der Waals surface area contributed by atoms with E-state index >= 15 is 0 Å². The molecule has 0 spiro atoms. The average molecular weight is 297 g/mol. The third kappa shape index (κ3) is 4.10. The maximum absolute atomic E-state index is 12.4. The first kappa shape index (κ1) is 16.1. The minimum absolute atomic E-state index is 0.124. The number of rotatable bonds is 5. The fourth-order valence-electron chi connectivity index (χ4n) is 2.17. The molecule has 0 saturated heterocycles. The van der Waals surface area contributed by atoms with E-state index in [9.17, 15) is 4.79 Å². The number of hydrogen-bond acceptors (Lipinski definition) is 2. The van der Waals surface area contributed by atoms with Crippen molar-refractivity contribution in [3.05, 3.63) is 59.2 Å². The number of amides is 1. The summed E-state index contributed by atoms with van der Waals surface area (Å²) in [5.74, 6) is 0.601. The van der Waals surface area contributed by atoms with Crippen LogP contribution in [0.15, 0.2) is 42.5 Å². The number of hydrogen-bond donors (Lipinski definition) is 1. The number of benzene rings is 2. The molecule has 0 fully saturated rings. The minimum Gasteiger partial charge on any atom is -0.491 e. The Kier molecular flexibility index (Phi) is 5.21. The molecule has 0 aromatic heterocycles. The Morgan fingerprint density at radius 1 is 1.18 bits per heavy atom. The molecule has 2 aromatic rings. The predicted octanol–water partition coefficient (Wildman–Crippen LogP) is 4.73. The Hall–Kier alpha value is -2.29. The summed E-state index contributed by atoms with van der Waals surface area (Å²) in [5.41, 5.74) is 3.67. The number of aryl methyl sites for hydroxylation is 2. The van der Waals surface area contributed by atoms with E-state index < -0.39 is 0 Å². The van der Waals surface area contributed by atoms with E-state index in [1.165, 1.54) is 5.56 Å². The van der Waals surface area contributed by atoms with Gasteiger partial charge in [0, 0.05) is 11.3 Å². The molecule has 1 N–H and O–H groups in total. The first-order valence-corrected chi connectivity index (χ1v) is 7.65. The minimum atomic E-state index is -0.124. The van der Waals surface area contributed by atoms with E-state index in [0.29, 0.717) is 5.56 Å². The van der Waals surface area contributed by atoms with E-state index in [0.717, 1.165) is 23.4 Å². The van der Waals surface area contributed by atoms with Gasteiger partial charge in [-0.05, 0) is 57.0 Å². The Balaban J connectivity index is 2.14. The van der Waals surface area contributed by atoms with Gasteiger partial charge in [0.15, 0.2) is 0 Å². The van der Waals surface area contributed by atoms with Gasteiger partial charge in [-0.3, -0.25) is 4.79 Å². The summed E-state index contributed by atoms with van der Waals surface area (Å²) >= 11 is 0. The van der Waals surface area contributed by atoms with Crippen LogP contribution in [0, 0.1) is 13.8 Å². The first-order chi connectivity index (χ1) is 10.5. The highest BCUT2D eigenvalue weighted by molar-refractivity contribution is 6.04. The van der Waals surface area contributed by atoms with Crippen LogP contribution in [0.5, 0.6) is 5.75 Å². The van der Waals surface area contributed by atoms with Crippen molar-refractivity contribution in [3.8, 4) is 5.75 Å². The fourth-order valence-corrected chi connectivity index (χ4v) is 2.17. The van der Waals surface area contributed by atoms with Gasteiger partial charge in [-0.1, -0.05) is 30.7 Å². The Labute approximate surface area is 132 Å². The van der Waals surface area contributed by atoms with Crippen molar-refractivity contribution >= 4 is 11.6 Å². The normalized spacial score (nSPS) is 11.8. The molecular formula is C19H23NO2. The van der Waals surface area contributed by atoms with Crippen LogP contribution in [-0.4, -0.2) is 12.0 Å². The van der Waals surface area contributed by atoms with Crippen molar-refractivity contribution in [1.29, 1.82) is 0 Å². The van der Waals surface area contributed by atoms with Crippen molar-refractivity contribution in [3.63, 3.8) is 0 Å². The van der Waals surface area contributed by atoms with Crippen LogP contribution in [0.2, 0.25) is 0 Å². The zero-order chi connectivity index (χ0) is 16.1. The van der Waals surface area contributed by atoms with Gasteiger partial charge in [0.2, 0.25) is 0 Å². The first-order valence-electron chi connectivity index (χ1n) is 7.65. The standard InChI is InChI=1S/C19H23NO2/c1-5-15(4)22-17-8-6-7-16(12-17)19(21)20-18-10-9-13(2)11-14(18)3/h6-12,15H,5H2,1-4H3,(H,20,21). The van der Waals surface area contributed by atoms with E-state index in [1.807, 2.05) is 45.0 Å². The van der Waals surface area contributed by atoms with Crippen molar-refractivity contribution in [2.24, 2.45) is 0 Å². The quantitative estimate of drug-likeness (QED) is 0.866. The highest BCUT2D eigenvalue weighted by Gasteiger charge is 2.10. The molecule has 3 heteroatoms. The van der Waals surface area contributed by atoms with Crippen molar-refractivity contribution in [2.45, 2.75) is 40.2 Å². The van der Waals surface area contributed by atoms with Crippen LogP contribution >= 0.6 is 0 Å². The lowest BCUT2D eigenvalue weighted by Crippen LogP contribution is -2.14. The van der Waals surface area contributed by atoms with Crippen LogP contribution in [0.25, 0.3) is 0 Å². The molecule has 116 valence electrons. The molecule has 0 aliphatic carbocycles. The largest absolute Gasteiger partial charge is 0.491 e. The molecular weight excluding hydrogens is 274 g/mol. The zero-order valence-electron chi connectivity index (χ0n) is 13.6. The third-order valence-corrected chi connectivity index (χ3v) is 3.64. The van der Waals surface area contributed by atoms with E-state index in [4.69, 9.17) is 4.74 Å². The van der Waals surface area contributed by atoms with Gasteiger partial charge < -0.3 is 10.1 Å². The second kappa shape index (κ2) is 7.12. The second-order valence-corrected chi connectivity index (χ2v) is 5.64. The molecule has 1 atom stereocenters. The molecule has 1 unspecified atom stereocenters. The van der Waals surface area contributed by atoms with Crippen LogP contribution in [0.3, 0.4) is 0 Å². The highest BCUT2D eigenvalue weighted by atomic mass is 16.5. The SMILES string of the molecule is CCC(C)Oc1cccc(C(=O)Nc2ccc(C)cc2C)c1. The summed E-state index contributed by atoms with van der Waals surface area (Å²) in [6.07, 6.45) is 1.07. The van der Waals surface area contributed by atoms with E-state index in [2.05, 4.69) is 18.3 Å². The smallest absolute Gasteiger partial charge is 0.255 e. The van der Waals surface area contributed by atoms with E-state index in [-0.39, 0.29) is 12.0 Å². The Morgan fingerprint density at radius 3 is 2.64 bits per heavy atom. The molecule has 0 aliphatic rings. The van der Waals surface area contributed by atoms with Gasteiger partial charge in [-0.2, -0.15) is 0 Å². The molecule has 0 saturated carbocycles. The van der Waals surface area contributed by atoms with Crippen LogP contribution in [0.1, 0.15) is 41.8 Å². The molecule has 3 nitrogen and oxygen atoms in total. The topological polar surface area (TPSA) is 38.3 Å². The molecule has 0 heterocycles. The third-order valence-electron chi connectivity index (χ3n) is 3.64. The molecule has 0 radical (unpaired) electrons. The number of ether oxygens (including phenoxy) is 1. The number of carbonyl (C=O) groups is 1. The summed E-state index contributed by atoms with van der Waals surface area (Å²) in [6.45, 7) is 8.11. The van der Waals surface area contributed by atoms with Crippen molar-refractivity contribution in [1.82, 2.24) is 0 Å². The van der Waals surface area contributed by atoms with Gasteiger partial charge >= 0.3 is 0 Å². The summed E-state index contributed by atoms with van der Waals surface area (Å²) < 4.78 is 5.76. The van der Waals surface area contributed by atoms with Gasteiger partial charge in [-0.15, -0.1) is 0 Å². The average Bonchev–Trinajstić information content (AvgIpc) is 2.50. The van der Waals surface area contributed by atoms with Crippen LogP contribution < -0.4 is 10.1 Å². The van der Waals surface area contributed by atoms with Gasteiger partial charge in [0.25, 0.3) is 5.91 Å². The number of anilines is 1. The number of carbonyl (C=O) groups excluding carboxylic acids is 1. The van der Waals surface area contributed by atoms with Crippen LogP contribution in [0.4, 0.5) is 5.69 Å². The maximum atomic E-state index is 12.4. The zero-order valence-corrected chi connectivity index (χ0v) is 13.6. The monoisotopic (exact) mass is 297 g/mol. The Bertz CT molecular complexity index is 664. The summed E-state index contributed by atoms with van der Waals surface area (Å²) in [6, 6.07) is 13.3. The van der Waals surface area contributed by atoms with Crippen molar-refractivity contribution < 1.29 is 9.53 Å². The van der Waals surface area contributed by atoms with Gasteiger partial charge in [0.05, 0.1) is 6.10 Å². The molecule has 2 rings (SSSR count). The van der Waals surface area contributed by atoms with Gasteiger partial charge in [-0.25, -0.2) is 0 Å². The fraction of sp³-hybridized carbons (Fsp3) is 0.316. The molecule has 2 aromatic carbocycles. The van der Waals surface area contributed by atoms with Gasteiger partial charge in [0.1, 0.15) is 5.75 Å². The maximum Gasteiger partial charge on any atom is 0.255 e. The summed E-state index contributed by atoms with van der Waals surface area (Å²) in [7, 11) is 0. The summed E-state index contributed by atoms with van der Waals surface area (Å²) in [5, 5.41) is 2.95. The molecule has 1 amide bonds. The lowest BCUT2D eigenvalue weighted by molar-refractivity contribution is 0.102. The van der Waals surface area contributed by atoms with Crippen LogP contribution in [-0.2, 0) is 0 Å². The lowest BCUT2D eigenvalue weighted by atomic mass is 10.1. The molecule has 0 aliphatic heterocycles. The Morgan fingerprint density at radius 2 is 1.95 bits per heavy atom.